The van der Waals surface area contributed by atoms with Gasteiger partial charge in [0, 0.05) is 0 Å². The van der Waals surface area contributed by atoms with Crippen LogP contribution in [-0.4, -0.2) is 19.1 Å². The van der Waals surface area contributed by atoms with Crippen LogP contribution in [0.25, 0.3) is 0 Å². The van der Waals surface area contributed by atoms with Gasteiger partial charge in [0.2, 0.25) is 0 Å². The normalized spacial score (nSPS) is 11.6. The predicted molar refractivity (Wildman–Crippen MR) is 54.6 cm³/mol. The van der Waals surface area contributed by atoms with E-state index in [1.807, 2.05) is 6.92 Å². The maximum absolute atomic E-state index is 11.7. The van der Waals surface area contributed by atoms with E-state index in [-0.39, 0.29) is 15.5 Å². The molecule has 0 bridgehead atoms. The van der Waals surface area contributed by atoms with Crippen molar-refractivity contribution in [3.8, 4) is 0 Å². The van der Waals surface area contributed by atoms with Crippen molar-refractivity contribution in [1.29, 1.82) is 0 Å². The van der Waals surface area contributed by atoms with Gasteiger partial charge in [-0.1, -0.05) is 0 Å². The van der Waals surface area contributed by atoms with Gasteiger partial charge in [-0.15, -0.1) is 0 Å². The Balaban J connectivity index is 3.22. The summed E-state index contributed by atoms with van der Waals surface area (Å²) in [5.41, 5.74) is 0.220. The van der Waals surface area contributed by atoms with E-state index in [4.69, 9.17) is 11.6 Å². The molecule has 1 aromatic carbocycles. The summed E-state index contributed by atoms with van der Waals surface area (Å²) in [6, 6.07) is 4.22. The van der Waals surface area contributed by atoms with Crippen LogP contribution in [0.2, 0.25) is 5.02 Å². The molecule has 6 heteroatoms. The second-order valence-corrected chi connectivity index (χ2v) is 11.5. The van der Waals surface area contributed by atoms with E-state index in [9.17, 15) is 13.2 Å². The van der Waals surface area contributed by atoms with Crippen molar-refractivity contribution in [3.63, 3.8) is 0 Å². The molecule has 0 heterocycles. The van der Waals surface area contributed by atoms with Gasteiger partial charge in [-0.25, -0.2) is 0 Å². The maximum atomic E-state index is 11.7. The molecular formula is C9H9ClIO3S-. The van der Waals surface area contributed by atoms with Gasteiger partial charge >= 0.3 is 103 Å². The summed E-state index contributed by atoms with van der Waals surface area (Å²) >= 11 is 4.79. The Bertz CT molecular complexity index is 470. The van der Waals surface area contributed by atoms with Gasteiger partial charge in [0.15, 0.2) is 0 Å². The first-order chi connectivity index (χ1) is 7.01. The average Bonchev–Trinajstić information content (AvgIpc) is 2.18. The number of hydrogen-bond donors (Lipinski definition) is 0. The van der Waals surface area contributed by atoms with Crippen LogP contribution in [0.5, 0.6) is 0 Å². The van der Waals surface area contributed by atoms with E-state index >= 15 is 0 Å². The fraction of sp³-hybridized carbons (Fsp3) is 0.222. The third-order valence-electron chi connectivity index (χ3n) is 1.63. The van der Waals surface area contributed by atoms with Gasteiger partial charge in [-0.2, -0.15) is 0 Å². The van der Waals surface area contributed by atoms with Crippen molar-refractivity contribution in [2.45, 2.75) is 11.8 Å². The van der Waals surface area contributed by atoms with Gasteiger partial charge in [0.25, 0.3) is 0 Å². The molecule has 0 aliphatic heterocycles. The second kappa shape index (κ2) is 5.27. The molecule has 0 aromatic heterocycles. The minimum absolute atomic E-state index is 0.198. The first-order valence-electron chi connectivity index (χ1n) is 4.12. The number of halogens is 2. The van der Waals surface area contributed by atoms with Crippen LogP contribution in [0.4, 0.5) is 0 Å². The summed E-state index contributed by atoms with van der Waals surface area (Å²) in [5, 5.41) is 0.277. The minimum atomic E-state index is -3.17. The van der Waals surface area contributed by atoms with Crippen molar-refractivity contribution in [2.75, 3.05) is 4.43 Å². The number of carbonyl (C=O) groups excluding carboxylic acids is 1. The summed E-state index contributed by atoms with van der Waals surface area (Å²) in [6.07, 6.45) is 0.561. The first-order valence-corrected chi connectivity index (χ1v) is 10.0. The number of rotatable bonds is 4. The number of alkyl halides is 1. The molecule has 0 saturated carbocycles. The Kier molecular flexibility index (Phi) is 4.54. The van der Waals surface area contributed by atoms with Gasteiger partial charge < -0.3 is 0 Å². The monoisotopic (exact) mass is 359 g/mol. The Hall–Kier alpha value is -0.140. The molecule has 15 heavy (non-hydrogen) atoms. The molecule has 3 nitrogen and oxygen atoms in total. The molecule has 0 saturated heterocycles. The molecule has 0 atom stereocenters. The van der Waals surface area contributed by atoms with Gasteiger partial charge in [-0.3, -0.25) is 0 Å². The van der Waals surface area contributed by atoms with Crippen LogP contribution in [0.1, 0.15) is 17.3 Å². The Morgan fingerprint density at radius 2 is 2.13 bits per heavy atom. The zero-order valence-electron chi connectivity index (χ0n) is 7.91. The molecule has 0 N–H and O–H groups in total. The third kappa shape index (κ3) is 3.15. The third-order valence-corrected chi connectivity index (χ3v) is 9.15. The summed E-state index contributed by atoms with van der Waals surface area (Å²) in [7, 11) is -3.17. The van der Waals surface area contributed by atoms with E-state index in [1.165, 1.54) is 18.2 Å². The molecule has 1 aromatic rings. The van der Waals surface area contributed by atoms with Crippen LogP contribution in [0.15, 0.2) is 23.1 Å². The molecule has 1 rings (SSSR count). The summed E-state index contributed by atoms with van der Waals surface area (Å²) in [5.74, 6) is 0. The molecule has 0 spiro atoms. The molecule has 0 fully saturated rings. The van der Waals surface area contributed by atoms with Crippen LogP contribution in [0, 0.1) is 0 Å². The van der Waals surface area contributed by atoms with Crippen LogP contribution in [0.3, 0.4) is 0 Å². The summed E-state index contributed by atoms with van der Waals surface area (Å²) < 4.78 is 24.1. The quantitative estimate of drug-likeness (QED) is 0.298. The molecular weight excluding hydrogens is 351 g/mol. The Morgan fingerprint density at radius 3 is 2.67 bits per heavy atom. The Morgan fingerprint density at radius 1 is 1.47 bits per heavy atom. The number of benzene rings is 1. The number of aldehydes is 1. The number of hydrogen-bond acceptors (Lipinski definition) is 3. The molecule has 0 aliphatic rings. The summed E-state index contributed by atoms with van der Waals surface area (Å²) in [6.45, 7) is 1.83. The van der Waals surface area contributed by atoms with E-state index in [2.05, 4.69) is 0 Å². The number of carbonyl (C=O) groups is 1. The van der Waals surface area contributed by atoms with Gasteiger partial charge in [0.05, 0.1) is 0 Å². The standard InChI is InChI=1S/C9H9ClIO3S/c1-2-11-15(13,14)8-3-4-9(10)7(5-8)6-12/h3-6H,2H2,1H3/q-1. The van der Waals surface area contributed by atoms with E-state index < -0.39 is 26.8 Å². The SMILES string of the molecule is CC[I-]S(=O)(=O)c1ccc(Cl)c(C=O)c1. The second-order valence-electron chi connectivity index (χ2n) is 2.62. The first kappa shape index (κ1) is 12.9. The Labute approximate surface area is 102 Å². The van der Waals surface area contributed by atoms with Crippen LogP contribution < -0.4 is 19.8 Å². The zero-order valence-corrected chi connectivity index (χ0v) is 11.6. The van der Waals surface area contributed by atoms with Crippen LogP contribution in [-0.2, 0) is 7.01 Å². The molecule has 0 amide bonds. The average molecular weight is 360 g/mol. The zero-order chi connectivity index (χ0) is 11.5. The van der Waals surface area contributed by atoms with Crippen molar-refractivity contribution < 1.29 is 33.0 Å². The summed E-state index contributed by atoms with van der Waals surface area (Å²) in [4.78, 5) is 10.8. The topological polar surface area (TPSA) is 51.2 Å². The molecule has 84 valence electrons. The van der Waals surface area contributed by atoms with E-state index in [0.29, 0.717) is 10.7 Å². The van der Waals surface area contributed by atoms with Crippen molar-refractivity contribution >= 4 is 24.9 Å². The molecule has 0 radical (unpaired) electrons. The van der Waals surface area contributed by atoms with Gasteiger partial charge in [0.1, 0.15) is 0 Å². The fourth-order valence-electron chi connectivity index (χ4n) is 0.970. The van der Waals surface area contributed by atoms with Gasteiger partial charge in [-0.05, 0) is 0 Å². The fourth-order valence-corrected chi connectivity index (χ4v) is 6.40. The molecule has 0 unspecified atom stereocenters. The molecule has 0 aliphatic carbocycles. The van der Waals surface area contributed by atoms with Crippen molar-refractivity contribution in [3.05, 3.63) is 28.8 Å². The van der Waals surface area contributed by atoms with Crippen molar-refractivity contribution in [1.82, 2.24) is 0 Å². The van der Waals surface area contributed by atoms with Crippen LogP contribution >= 0.6 is 11.6 Å². The predicted octanol–water partition coefficient (Wildman–Crippen LogP) is -1.05. The van der Waals surface area contributed by atoms with E-state index in [0.717, 1.165) is 0 Å². The van der Waals surface area contributed by atoms with E-state index in [1.54, 1.807) is 0 Å². The van der Waals surface area contributed by atoms with Crippen molar-refractivity contribution in [2.24, 2.45) is 0 Å².